The number of aryl methyl sites for hydroxylation is 2. The third kappa shape index (κ3) is 4.49. The third-order valence-electron chi connectivity index (χ3n) is 5.37. The van der Waals surface area contributed by atoms with Crippen LogP contribution in [0.15, 0.2) is 76.4 Å². The van der Waals surface area contributed by atoms with Crippen molar-refractivity contribution in [2.45, 2.75) is 26.9 Å². The Hall–Kier alpha value is -4.53. The van der Waals surface area contributed by atoms with Crippen LogP contribution in [-0.2, 0) is 13.1 Å². The fourth-order valence-corrected chi connectivity index (χ4v) is 3.70. The van der Waals surface area contributed by atoms with Gasteiger partial charge in [0.1, 0.15) is 5.56 Å². The van der Waals surface area contributed by atoms with Gasteiger partial charge in [-0.25, -0.2) is 4.68 Å². The van der Waals surface area contributed by atoms with Crippen molar-refractivity contribution in [2.24, 2.45) is 0 Å². The zero-order valence-corrected chi connectivity index (χ0v) is 18.7. The van der Waals surface area contributed by atoms with Crippen molar-refractivity contribution in [2.75, 3.05) is 0 Å². The maximum absolute atomic E-state index is 12.8. The number of hydrazine groups is 1. The number of nitrogens with zero attached hydrogens (tertiary/aromatic N) is 3. The van der Waals surface area contributed by atoms with Gasteiger partial charge in [0.05, 0.1) is 11.9 Å². The van der Waals surface area contributed by atoms with Gasteiger partial charge >= 0.3 is 0 Å². The molecular formula is C25H23N5O4. The predicted octanol–water partition coefficient (Wildman–Crippen LogP) is 2.01. The molecule has 2 aromatic carbocycles. The van der Waals surface area contributed by atoms with E-state index in [4.69, 9.17) is 0 Å². The summed E-state index contributed by atoms with van der Waals surface area (Å²) in [6.45, 7) is 4.29. The molecule has 9 nitrogen and oxygen atoms in total. The molecule has 2 amide bonds. The van der Waals surface area contributed by atoms with E-state index in [0.29, 0.717) is 17.3 Å². The molecule has 0 radical (unpaired) electrons. The predicted molar refractivity (Wildman–Crippen MR) is 128 cm³/mol. The second kappa shape index (κ2) is 9.53. The van der Waals surface area contributed by atoms with Crippen LogP contribution >= 0.6 is 0 Å². The Morgan fingerprint density at radius 2 is 1.62 bits per heavy atom. The summed E-state index contributed by atoms with van der Waals surface area (Å²) in [4.78, 5) is 50.8. The smallest absolute Gasteiger partial charge is 0.290 e. The summed E-state index contributed by atoms with van der Waals surface area (Å²) in [6, 6.07) is 17.3. The zero-order valence-electron chi connectivity index (χ0n) is 18.7. The first-order valence-electron chi connectivity index (χ1n) is 10.7. The molecule has 0 aliphatic rings. The van der Waals surface area contributed by atoms with Crippen LogP contribution in [0.4, 0.5) is 0 Å². The molecule has 0 unspecified atom stereocenters. The highest BCUT2D eigenvalue weighted by atomic mass is 16.2. The lowest BCUT2D eigenvalue weighted by molar-refractivity contribution is 0.0842. The lowest BCUT2D eigenvalue weighted by Gasteiger charge is -2.12. The van der Waals surface area contributed by atoms with Crippen LogP contribution in [0.2, 0.25) is 0 Å². The van der Waals surface area contributed by atoms with Crippen molar-refractivity contribution in [3.05, 3.63) is 110 Å². The van der Waals surface area contributed by atoms with Gasteiger partial charge in [-0.3, -0.25) is 30.0 Å². The number of benzene rings is 2. The first-order chi connectivity index (χ1) is 16.4. The molecule has 0 aliphatic heterocycles. The van der Waals surface area contributed by atoms with Gasteiger partial charge in [0.2, 0.25) is 0 Å². The number of pyridine rings is 1. The minimum Gasteiger partial charge on any atom is -0.310 e. The van der Waals surface area contributed by atoms with Crippen LogP contribution in [0.1, 0.15) is 38.9 Å². The average molecular weight is 457 g/mol. The number of hydrogen-bond donors (Lipinski definition) is 2. The molecule has 34 heavy (non-hydrogen) atoms. The van der Waals surface area contributed by atoms with Crippen LogP contribution in [0.25, 0.3) is 10.8 Å². The SMILES string of the molecule is CCn1nc(C(=O)NNC(=O)c2cccn(Cc3cccc(C)c3)c2=O)c2ccccc2c1=O. The van der Waals surface area contributed by atoms with Gasteiger partial charge in [0.15, 0.2) is 5.69 Å². The van der Waals surface area contributed by atoms with Crippen LogP contribution in [0.3, 0.4) is 0 Å². The van der Waals surface area contributed by atoms with E-state index in [1.807, 2.05) is 31.2 Å². The van der Waals surface area contributed by atoms with Crippen molar-refractivity contribution in [1.29, 1.82) is 0 Å². The number of amides is 2. The van der Waals surface area contributed by atoms with E-state index in [-0.39, 0.29) is 23.4 Å². The largest absolute Gasteiger partial charge is 0.310 e. The Morgan fingerprint density at radius 3 is 2.35 bits per heavy atom. The number of aromatic nitrogens is 3. The molecule has 2 heterocycles. The monoisotopic (exact) mass is 457 g/mol. The molecule has 2 aromatic heterocycles. The summed E-state index contributed by atoms with van der Waals surface area (Å²) in [5, 5.41) is 4.84. The normalized spacial score (nSPS) is 10.8. The number of fused-ring (bicyclic) bond motifs is 1. The Morgan fingerprint density at radius 1 is 0.882 bits per heavy atom. The van der Waals surface area contributed by atoms with E-state index < -0.39 is 17.4 Å². The number of rotatable bonds is 5. The molecule has 0 bridgehead atoms. The highest BCUT2D eigenvalue weighted by molar-refractivity contribution is 6.06. The van der Waals surface area contributed by atoms with E-state index >= 15 is 0 Å². The summed E-state index contributed by atoms with van der Waals surface area (Å²) in [6.07, 6.45) is 1.60. The standard InChI is InChI=1S/C25H23N5O4/c1-3-30-25(34)19-11-5-4-10-18(19)21(28-30)23(32)27-26-22(31)20-12-7-13-29(24(20)33)15-17-9-6-8-16(2)14-17/h4-14H,3,15H2,1-2H3,(H,26,31)(H,27,32). The van der Waals surface area contributed by atoms with Crippen molar-refractivity contribution in [1.82, 2.24) is 25.2 Å². The van der Waals surface area contributed by atoms with Gasteiger partial charge in [0.25, 0.3) is 22.9 Å². The maximum atomic E-state index is 12.8. The van der Waals surface area contributed by atoms with Crippen molar-refractivity contribution < 1.29 is 9.59 Å². The summed E-state index contributed by atoms with van der Waals surface area (Å²) >= 11 is 0. The molecule has 0 fully saturated rings. The Kier molecular flexibility index (Phi) is 6.35. The average Bonchev–Trinajstić information content (AvgIpc) is 2.84. The molecule has 172 valence electrons. The van der Waals surface area contributed by atoms with Crippen LogP contribution < -0.4 is 22.0 Å². The van der Waals surface area contributed by atoms with Crippen molar-refractivity contribution in [3.8, 4) is 0 Å². The van der Waals surface area contributed by atoms with E-state index in [9.17, 15) is 19.2 Å². The molecule has 0 saturated heterocycles. The van der Waals surface area contributed by atoms with E-state index in [0.717, 1.165) is 11.1 Å². The molecule has 0 atom stereocenters. The number of nitrogens with one attached hydrogen (secondary N) is 2. The van der Waals surface area contributed by atoms with Crippen LogP contribution in [0.5, 0.6) is 0 Å². The van der Waals surface area contributed by atoms with Gasteiger partial charge in [-0.15, -0.1) is 0 Å². The highest BCUT2D eigenvalue weighted by Gasteiger charge is 2.18. The van der Waals surface area contributed by atoms with E-state index in [1.165, 1.54) is 15.3 Å². The lowest BCUT2D eigenvalue weighted by Crippen LogP contribution is -2.44. The Labute approximate surface area is 194 Å². The summed E-state index contributed by atoms with van der Waals surface area (Å²) in [7, 11) is 0. The fourth-order valence-electron chi connectivity index (χ4n) is 3.70. The molecule has 4 rings (SSSR count). The summed E-state index contributed by atoms with van der Waals surface area (Å²) < 4.78 is 2.61. The highest BCUT2D eigenvalue weighted by Crippen LogP contribution is 2.13. The second-order valence-electron chi connectivity index (χ2n) is 7.77. The van der Waals surface area contributed by atoms with Crippen LogP contribution in [-0.4, -0.2) is 26.2 Å². The molecular weight excluding hydrogens is 434 g/mol. The molecule has 4 aromatic rings. The quantitative estimate of drug-likeness (QED) is 0.445. The molecule has 9 heteroatoms. The van der Waals surface area contributed by atoms with Gasteiger partial charge in [-0.2, -0.15) is 5.10 Å². The van der Waals surface area contributed by atoms with Gasteiger partial charge in [0, 0.05) is 18.1 Å². The Bertz CT molecular complexity index is 1520. The minimum absolute atomic E-state index is 0.0118. The zero-order chi connectivity index (χ0) is 24.2. The molecule has 0 saturated carbocycles. The third-order valence-corrected chi connectivity index (χ3v) is 5.37. The summed E-state index contributed by atoms with van der Waals surface area (Å²) in [5.74, 6) is -1.46. The first kappa shape index (κ1) is 22.7. The topological polar surface area (TPSA) is 115 Å². The van der Waals surface area contributed by atoms with Gasteiger partial charge in [-0.05, 0) is 37.6 Å². The van der Waals surface area contributed by atoms with E-state index in [2.05, 4.69) is 16.0 Å². The van der Waals surface area contributed by atoms with Gasteiger partial charge < -0.3 is 4.57 Å². The van der Waals surface area contributed by atoms with Crippen LogP contribution in [0, 0.1) is 6.92 Å². The first-order valence-corrected chi connectivity index (χ1v) is 10.7. The minimum atomic E-state index is -0.759. The van der Waals surface area contributed by atoms with Crippen molar-refractivity contribution in [3.63, 3.8) is 0 Å². The maximum Gasteiger partial charge on any atom is 0.290 e. The van der Waals surface area contributed by atoms with E-state index in [1.54, 1.807) is 43.5 Å². The van der Waals surface area contributed by atoms with Crippen molar-refractivity contribution >= 4 is 22.6 Å². The number of hydrogen-bond acceptors (Lipinski definition) is 5. The number of carbonyl (C=O) groups is 2. The fraction of sp³-hybridized carbons (Fsp3) is 0.160. The molecule has 0 spiro atoms. The lowest BCUT2D eigenvalue weighted by atomic mass is 10.1. The summed E-state index contributed by atoms with van der Waals surface area (Å²) in [5.41, 5.74) is 5.64. The Balaban J connectivity index is 1.55. The molecule has 2 N–H and O–H groups in total. The second-order valence-corrected chi connectivity index (χ2v) is 7.77. The van der Waals surface area contributed by atoms with Gasteiger partial charge in [-0.1, -0.05) is 48.0 Å². The molecule has 0 aliphatic carbocycles. The number of carbonyl (C=O) groups excluding carboxylic acids is 2.